The Morgan fingerprint density at radius 3 is 1.96 bits per heavy atom. The van der Waals surface area contributed by atoms with Crippen LogP contribution in [0.1, 0.15) is 34.2 Å². The topological polar surface area (TPSA) is 61.4 Å². The molecule has 0 saturated carbocycles. The summed E-state index contributed by atoms with van der Waals surface area (Å²) in [5.41, 5.74) is 5.05. The van der Waals surface area contributed by atoms with Crippen LogP contribution in [0.3, 0.4) is 0 Å². The summed E-state index contributed by atoms with van der Waals surface area (Å²) < 4.78 is 28.4. The van der Waals surface area contributed by atoms with Crippen LogP contribution >= 0.6 is 0 Å². The molecule has 1 heterocycles. The molecule has 6 heteroatoms. The number of hydrogen-bond acceptors (Lipinski definition) is 4. The molecule has 24 heavy (non-hydrogen) atoms. The molecule has 0 spiro atoms. The van der Waals surface area contributed by atoms with E-state index in [0.29, 0.717) is 11.4 Å². The molecular weight excluding hydrogens is 322 g/mol. The fourth-order valence-electron chi connectivity index (χ4n) is 3.38. The van der Waals surface area contributed by atoms with Crippen LogP contribution in [0, 0.1) is 34.6 Å². The van der Waals surface area contributed by atoms with Crippen LogP contribution in [-0.2, 0) is 10.0 Å². The number of benzene rings is 1. The Bertz CT molecular complexity index is 664. The molecule has 5 nitrogen and oxygen atoms in total. The van der Waals surface area contributed by atoms with Crippen molar-refractivity contribution in [2.24, 2.45) is 0 Å². The lowest BCUT2D eigenvalue weighted by atomic mass is 9.95. The van der Waals surface area contributed by atoms with Crippen molar-refractivity contribution in [2.45, 2.75) is 45.9 Å². The van der Waals surface area contributed by atoms with E-state index >= 15 is 0 Å². The summed E-state index contributed by atoms with van der Waals surface area (Å²) in [4.78, 5) is 2.84. The Morgan fingerprint density at radius 2 is 1.42 bits per heavy atom. The maximum absolute atomic E-state index is 12.8. The van der Waals surface area contributed by atoms with E-state index in [2.05, 4.69) is 21.9 Å². The highest BCUT2D eigenvalue weighted by Gasteiger charge is 2.23. The van der Waals surface area contributed by atoms with E-state index in [-0.39, 0.29) is 0 Å². The first-order valence-electron chi connectivity index (χ1n) is 8.75. The lowest BCUT2D eigenvalue weighted by Gasteiger charge is -2.27. The summed E-state index contributed by atoms with van der Waals surface area (Å²) in [7, 11) is -3.47. The van der Waals surface area contributed by atoms with Gasteiger partial charge in [0.1, 0.15) is 0 Å². The van der Waals surface area contributed by atoms with E-state index in [9.17, 15) is 8.42 Å². The highest BCUT2D eigenvalue weighted by atomic mass is 32.2. The number of nitrogens with zero attached hydrogens (tertiary/aromatic N) is 1. The van der Waals surface area contributed by atoms with Crippen molar-refractivity contribution in [2.75, 3.05) is 39.3 Å². The average molecular weight is 354 g/mol. The molecular formula is C18H31N3O2S. The molecule has 2 rings (SSSR count). The molecule has 0 radical (unpaired) electrons. The Hall–Kier alpha value is -0.950. The quantitative estimate of drug-likeness (QED) is 0.766. The summed E-state index contributed by atoms with van der Waals surface area (Å²) in [6.07, 6.45) is 0.834. The van der Waals surface area contributed by atoms with Crippen molar-refractivity contribution >= 4 is 10.0 Å². The number of nitrogens with one attached hydrogen (secondary N) is 2. The third-order valence-corrected chi connectivity index (χ3v) is 7.09. The van der Waals surface area contributed by atoms with E-state index in [0.717, 1.165) is 61.4 Å². The van der Waals surface area contributed by atoms with Crippen LogP contribution in [0.25, 0.3) is 0 Å². The first kappa shape index (κ1) is 19.4. The zero-order valence-corrected chi connectivity index (χ0v) is 16.4. The summed E-state index contributed by atoms with van der Waals surface area (Å²) in [6, 6.07) is 0. The molecule has 0 aliphatic carbocycles. The van der Waals surface area contributed by atoms with Gasteiger partial charge in [-0.15, -0.1) is 0 Å². The minimum absolute atomic E-state index is 0.463. The zero-order chi connectivity index (χ0) is 17.9. The number of hydrogen-bond donors (Lipinski definition) is 2. The predicted molar refractivity (Wildman–Crippen MR) is 99.2 cm³/mol. The van der Waals surface area contributed by atoms with E-state index in [1.54, 1.807) is 0 Å². The molecule has 0 atom stereocenters. The lowest BCUT2D eigenvalue weighted by Crippen LogP contribution is -2.44. The van der Waals surface area contributed by atoms with E-state index < -0.39 is 10.0 Å². The second-order valence-electron chi connectivity index (χ2n) is 6.80. The third kappa shape index (κ3) is 4.17. The van der Waals surface area contributed by atoms with E-state index in [1.807, 2.05) is 27.7 Å². The highest BCUT2D eigenvalue weighted by molar-refractivity contribution is 7.89. The average Bonchev–Trinajstić information content (AvgIpc) is 2.56. The Labute approximate surface area is 146 Å². The summed E-state index contributed by atoms with van der Waals surface area (Å²) in [5.74, 6) is 0. The predicted octanol–water partition coefficient (Wildman–Crippen LogP) is 1.80. The molecule has 0 bridgehead atoms. The second-order valence-corrected chi connectivity index (χ2v) is 8.50. The molecule has 0 aromatic heterocycles. The van der Waals surface area contributed by atoms with Crippen molar-refractivity contribution in [1.82, 2.24) is 14.9 Å². The summed E-state index contributed by atoms with van der Waals surface area (Å²) >= 11 is 0. The van der Waals surface area contributed by atoms with Crippen molar-refractivity contribution < 1.29 is 8.42 Å². The SMILES string of the molecule is Cc1c(C)c(C)c(S(=O)(=O)NCCCN2CCNCC2)c(C)c1C. The van der Waals surface area contributed by atoms with Gasteiger partial charge in [0.15, 0.2) is 0 Å². The summed E-state index contributed by atoms with van der Waals surface area (Å²) in [6.45, 7) is 15.4. The highest BCUT2D eigenvalue weighted by Crippen LogP contribution is 2.29. The molecule has 1 aliphatic heterocycles. The molecule has 1 aromatic rings. The maximum atomic E-state index is 12.8. The molecule has 1 fully saturated rings. The summed E-state index contributed by atoms with van der Waals surface area (Å²) in [5, 5.41) is 3.33. The van der Waals surface area contributed by atoms with Gasteiger partial charge in [-0.2, -0.15) is 0 Å². The van der Waals surface area contributed by atoms with Crippen molar-refractivity contribution in [3.8, 4) is 0 Å². The monoisotopic (exact) mass is 353 g/mol. The van der Waals surface area contributed by atoms with Crippen LogP contribution in [-0.4, -0.2) is 52.6 Å². The number of sulfonamides is 1. The van der Waals surface area contributed by atoms with Gasteiger partial charge in [0.05, 0.1) is 4.90 Å². The van der Waals surface area contributed by atoms with Crippen molar-refractivity contribution in [1.29, 1.82) is 0 Å². The van der Waals surface area contributed by atoms with Gasteiger partial charge in [-0.1, -0.05) is 0 Å². The molecule has 1 aliphatic rings. The normalized spacial score (nSPS) is 16.5. The first-order chi connectivity index (χ1) is 11.3. The number of rotatable bonds is 6. The number of piperazine rings is 1. The van der Waals surface area contributed by atoms with Crippen molar-refractivity contribution in [3.63, 3.8) is 0 Å². The largest absolute Gasteiger partial charge is 0.314 e. The Balaban J connectivity index is 2.05. The van der Waals surface area contributed by atoms with Gasteiger partial charge in [-0.25, -0.2) is 13.1 Å². The minimum Gasteiger partial charge on any atom is -0.314 e. The van der Waals surface area contributed by atoms with Crippen molar-refractivity contribution in [3.05, 3.63) is 27.8 Å². The van der Waals surface area contributed by atoms with Gasteiger partial charge >= 0.3 is 0 Å². The van der Waals surface area contributed by atoms with Crippen LogP contribution in [0.5, 0.6) is 0 Å². The Morgan fingerprint density at radius 1 is 0.917 bits per heavy atom. The molecule has 2 N–H and O–H groups in total. The van der Waals surface area contributed by atoms with Gasteiger partial charge in [-0.3, -0.25) is 0 Å². The Kier molecular flexibility index (Phi) is 6.42. The minimum atomic E-state index is -3.47. The maximum Gasteiger partial charge on any atom is 0.241 e. The zero-order valence-electron chi connectivity index (χ0n) is 15.6. The first-order valence-corrected chi connectivity index (χ1v) is 10.2. The van der Waals surface area contributed by atoms with Gasteiger partial charge in [-0.05, 0) is 75.4 Å². The smallest absolute Gasteiger partial charge is 0.241 e. The molecule has 0 amide bonds. The van der Waals surface area contributed by atoms with Gasteiger partial charge < -0.3 is 10.2 Å². The van der Waals surface area contributed by atoms with Gasteiger partial charge in [0.25, 0.3) is 0 Å². The molecule has 1 saturated heterocycles. The lowest BCUT2D eigenvalue weighted by molar-refractivity contribution is 0.239. The molecule has 136 valence electrons. The van der Waals surface area contributed by atoms with Crippen LogP contribution in [0.4, 0.5) is 0 Å². The third-order valence-electron chi connectivity index (χ3n) is 5.35. The standard InChI is InChI=1S/C18H31N3O2S/c1-13-14(2)16(4)18(17(5)15(13)3)24(22,23)20-7-6-10-21-11-8-19-9-12-21/h19-20H,6-12H2,1-5H3. The van der Waals surface area contributed by atoms with E-state index in [1.165, 1.54) is 5.56 Å². The fourth-order valence-corrected chi connectivity index (χ4v) is 5.05. The molecule has 0 unspecified atom stereocenters. The van der Waals surface area contributed by atoms with Crippen LogP contribution in [0.15, 0.2) is 4.90 Å². The van der Waals surface area contributed by atoms with Gasteiger partial charge in [0.2, 0.25) is 10.0 Å². The van der Waals surface area contributed by atoms with E-state index in [4.69, 9.17) is 0 Å². The van der Waals surface area contributed by atoms with Gasteiger partial charge in [0, 0.05) is 32.7 Å². The second kappa shape index (κ2) is 7.95. The fraction of sp³-hybridized carbons (Fsp3) is 0.667. The molecule has 1 aromatic carbocycles. The van der Waals surface area contributed by atoms with Crippen LogP contribution < -0.4 is 10.0 Å². The van der Waals surface area contributed by atoms with Crippen LogP contribution in [0.2, 0.25) is 0 Å².